The maximum atomic E-state index is 10.4. The molecule has 5 atom stereocenters. The molecule has 0 aliphatic heterocycles. The van der Waals surface area contributed by atoms with Gasteiger partial charge in [0, 0.05) is 23.4 Å². The maximum absolute atomic E-state index is 10.4. The summed E-state index contributed by atoms with van der Waals surface area (Å²) in [5.41, 5.74) is 0. The third-order valence-corrected chi connectivity index (χ3v) is 5.03. The van der Waals surface area contributed by atoms with Crippen molar-refractivity contribution in [3.05, 3.63) is 65.7 Å². The van der Waals surface area contributed by atoms with Crippen LogP contribution in [0.3, 0.4) is 0 Å². The third kappa shape index (κ3) is 8.03. The second-order valence-corrected chi connectivity index (χ2v) is 7.45. The molecule has 1 aliphatic rings. The van der Waals surface area contributed by atoms with E-state index in [2.05, 4.69) is 0 Å². The number of aliphatic carboxylic acids is 1. The van der Waals surface area contributed by atoms with E-state index in [9.17, 15) is 20.1 Å². The van der Waals surface area contributed by atoms with E-state index in [0.29, 0.717) is 23.6 Å². The van der Waals surface area contributed by atoms with E-state index in [-0.39, 0.29) is 24.9 Å². The number of hydrogen-bond acceptors (Lipinski definition) is 5. The summed E-state index contributed by atoms with van der Waals surface area (Å²) in [6, 6.07) is 6.89. The second-order valence-electron chi connectivity index (χ2n) is 7.02. The van der Waals surface area contributed by atoms with Gasteiger partial charge in [0.05, 0.1) is 12.2 Å². The Morgan fingerprint density at radius 1 is 1.24 bits per heavy atom. The van der Waals surface area contributed by atoms with Crippen LogP contribution in [0, 0.1) is 11.8 Å². The van der Waals surface area contributed by atoms with E-state index in [0.717, 1.165) is 6.08 Å². The Balaban J connectivity index is 1.86. The number of halogens is 1. The number of carboxylic acids is 1. The van der Waals surface area contributed by atoms with Crippen LogP contribution in [0.1, 0.15) is 19.3 Å². The molecular formula is C22H27ClO6. The Morgan fingerprint density at radius 3 is 2.76 bits per heavy atom. The molecule has 2 rings (SSSR count). The molecule has 0 heterocycles. The van der Waals surface area contributed by atoms with Crippen LogP contribution in [-0.4, -0.2) is 51.3 Å². The summed E-state index contributed by atoms with van der Waals surface area (Å²) in [7, 11) is 0. The smallest absolute Gasteiger partial charge is 0.327 e. The first-order valence-electron chi connectivity index (χ1n) is 9.52. The minimum absolute atomic E-state index is 0.0443. The Bertz CT molecular complexity index is 745. The summed E-state index contributed by atoms with van der Waals surface area (Å²) in [5, 5.41) is 39.7. The lowest BCUT2D eigenvalue weighted by Gasteiger charge is -2.19. The van der Waals surface area contributed by atoms with Gasteiger partial charge in [-0.05, 0) is 37.0 Å². The van der Waals surface area contributed by atoms with Gasteiger partial charge in [-0.15, -0.1) is 0 Å². The molecule has 3 unspecified atom stereocenters. The summed E-state index contributed by atoms with van der Waals surface area (Å²) in [5.74, 6) is -0.899. The van der Waals surface area contributed by atoms with E-state index in [1.807, 2.05) is 12.2 Å². The number of hydrogen-bond donors (Lipinski definition) is 4. The molecule has 0 aromatic heterocycles. The van der Waals surface area contributed by atoms with Crippen molar-refractivity contribution < 1.29 is 30.0 Å². The molecule has 7 heteroatoms. The van der Waals surface area contributed by atoms with Crippen molar-refractivity contribution in [2.45, 2.75) is 37.6 Å². The molecule has 158 valence electrons. The van der Waals surface area contributed by atoms with Crippen LogP contribution in [0.25, 0.3) is 0 Å². The zero-order valence-corrected chi connectivity index (χ0v) is 16.7. The highest BCUT2D eigenvalue weighted by Crippen LogP contribution is 2.36. The quantitative estimate of drug-likeness (QED) is 0.341. The van der Waals surface area contributed by atoms with Gasteiger partial charge >= 0.3 is 5.97 Å². The Hall–Kier alpha value is -2.12. The molecular weight excluding hydrogens is 396 g/mol. The van der Waals surface area contributed by atoms with Gasteiger partial charge in [0.2, 0.25) is 0 Å². The Kier molecular flexibility index (Phi) is 9.41. The molecule has 29 heavy (non-hydrogen) atoms. The fourth-order valence-electron chi connectivity index (χ4n) is 3.35. The van der Waals surface area contributed by atoms with Gasteiger partial charge in [-0.3, -0.25) is 0 Å². The van der Waals surface area contributed by atoms with Crippen molar-refractivity contribution in [2.75, 3.05) is 6.61 Å². The first-order chi connectivity index (χ1) is 13.9. The highest BCUT2D eigenvalue weighted by atomic mass is 35.5. The number of rotatable bonds is 10. The lowest BCUT2D eigenvalue weighted by molar-refractivity contribution is -0.131. The average molecular weight is 423 g/mol. The van der Waals surface area contributed by atoms with Crippen molar-refractivity contribution in [2.24, 2.45) is 11.8 Å². The molecule has 0 radical (unpaired) electrons. The van der Waals surface area contributed by atoms with Crippen LogP contribution in [-0.2, 0) is 4.79 Å². The molecule has 0 spiro atoms. The summed E-state index contributed by atoms with van der Waals surface area (Å²) in [6.07, 6.45) is 8.73. The molecule has 6 nitrogen and oxygen atoms in total. The fourth-order valence-corrected chi connectivity index (χ4v) is 3.53. The van der Waals surface area contributed by atoms with Gasteiger partial charge in [0.15, 0.2) is 0 Å². The van der Waals surface area contributed by atoms with Crippen molar-refractivity contribution in [3.63, 3.8) is 0 Å². The average Bonchev–Trinajstić information content (AvgIpc) is 2.93. The third-order valence-electron chi connectivity index (χ3n) is 4.80. The van der Waals surface area contributed by atoms with E-state index >= 15 is 0 Å². The molecule has 1 aromatic carbocycles. The SMILES string of the molecule is O=C(O)/C=C\C/C=C\CC1C(O)CC(O)[C@@H]1/C=C/[C@@H](O)COc1cccc(Cl)c1. The summed E-state index contributed by atoms with van der Waals surface area (Å²) in [4.78, 5) is 10.4. The molecule has 0 bridgehead atoms. The molecule has 1 saturated carbocycles. The predicted molar refractivity (Wildman–Crippen MR) is 111 cm³/mol. The summed E-state index contributed by atoms with van der Waals surface area (Å²) >= 11 is 5.89. The lowest BCUT2D eigenvalue weighted by atomic mass is 9.89. The number of ether oxygens (including phenoxy) is 1. The largest absolute Gasteiger partial charge is 0.491 e. The first-order valence-corrected chi connectivity index (χ1v) is 9.90. The number of benzene rings is 1. The van der Waals surface area contributed by atoms with Crippen molar-refractivity contribution in [3.8, 4) is 5.75 Å². The van der Waals surface area contributed by atoms with E-state index < -0.39 is 24.3 Å². The van der Waals surface area contributed by atoms with Gasteiger partial charge in [-0.25, -0.2) is 4.79 Å². The van der Waals surface area contributed by atoms with Gasteiger partial charge in [0.25, 0.3) is 0 Å². The van der Waals surface area contributed by atoms with Crippen molar-refractivity contribution in [1.29, 1.82) is 0 Å². The topological polar surface area (TPSA) is 107 Å². The van der Waals surface area contributed by atoms with Gasteiger partial charge in [-0.2, -0.15) is 0 Å². The van der Waals surface area contributed by atoms with Crippen LogP contribution < -0.4 is 4.74 Å². The van der Waals surface area contributed by atoms with E-state index in [4.69, 9.17) is 21.4 Å². The maximum Gasteiger partial charge on any atom is 0.327 e. The normalized spacial score (nSPS) is 25.9. The number of carboxylic acid groups (broad SMARTS) is 1. The molecule has 1 aliphatic carbocycles. The minimum Gasteiger partial charge on any atom is -0.491 e. The van der Waals surface area contributed by atoms with Crippen LogP contribution in [0.5, 0.6) is 5.75 Å². The van der Waals surface area contributed by atoms with Gasteiger partial charge < -0.3 is 25.2 Å². The first kappa shape index (κ1) is 23.2. The van der Waals surface area contributed by atoms with Crippen molar-refractivity contribution >= 4 is 17.6 Å². The Morgan fingerprint density at radius 2 is 2.03 bits per heavy atom. The minimum atomic E-state index is -0.990. The van der Waals surface area contributed by atoms with Crippen LogP contribution in [0.15, 0.2) is 60.7 Å². The molecule has 4 N–H and O–H groups in total. The zero-order valence-electron chi connectivity index (χ0n) is 16.0. The predicted octanol–water partition coefficient (Wildman–Crippen LogP) is 2.97. The summed E-state index contributed by atoms with van der Waals surface area (Å²) < 4.78 is 5.50. The van der Waals surface area contributed by atoms with E-state index in [1.165, 1.54) is 6.08 Å². The number of allylic oxidation sites excluding steroid dienone is 3. The fraction of sp³-hybridized carbons (Fsp3) is 0.409. The molecule has 1 fully saturated rings. The second kappa shape index (κ2) is 11.8. The van der Waals surface area contributed by atoms with Crippen LogP contribution >= 0.6 is 11.6 Å². The molecule has 0 saturated heterocycles. The highest BCUT2D eigenvalue weighted by Gasteiger charge is 2.39. The molecule has 0 amide bonds. The highest BCUT2D eigenvalue weighted by molar-refractivity contribution is 6.30. The van der Waals surface area contributed by atoms with E-state index in [1.54, 1.807) is 36.4 Å². The standard InChI is InChI=1S/C22H27ClO6/c23-15-6-5-7-17(12-15)29-14-16(24)10-11-19-18(20(25)13-21(19)26)8-3-1-2-4-9-22(27)28/h1,3-7,9-12,16,18-21,24-26H,2,8,13-14H2,(H,27,28)/b3-1-,9-4-,11-10+/t16-,18?,19-,20?,21?/m1/s1. The number of aliphatic hydroxyl groups is 3. The van der Waals surface area contributed by atoms with Crippen LogP contribution in [0.4, 0.5) is 0 Å². The number of carbonyl (C=O) groups is 1. The summed E-state index contributed by atoms with van der Waals surface area (Å²) in [6.45, 7) is 0.0443. The number of aliphatic hydroxyl groups excluding tert-OH is 3. The van der Waals surface area contributed by atoms with Gasteiger partial charge in [-0.1, -0.05) is 48.0 Å². The zero-order chi connectivity index (χ0) is 21.2. The van der Waals surface area contributed by atoms with Crippen molar-refractivity contribution in [1.82, 2.24) is 0 Å². The Labute approximate surface area is 175 Å². The lowest BCUT2D eigenvalue weighted by Crippen LogP contribution is -2.21. The van der Waals surface area contributed by atoms with Crippen LogP contribution in [0.2, 0.25) is 5.02 Å². The van der Waals surface area contributed by atoms with Gasteiger partial charge in [0.1, 0.15) is 18.5 Å². The molecule has 1 aromatic rings. The monoisotopic (exact) mass is 422 g/mol.